The zero-order valence-electron chi connectivity index (χ0n) is 12.0. The molecule has 0 bridgehead atoms. The first-order chi connectivity index (χ1) is 9.45. The van der Waals surface area contributed by atoms with E-state index in [4.69, 9.17) is 4.74 Å². The summed E-state index contributed by atoms with van der Waals surface area (Å²) in [5, 5.41) is 3.13. The molecule has 0 radical (unpaired) electrons. The van der Waals surface area contributed by atoms with Gasteiger partial charge in [0.2, 0.25) is 0 Å². The summed E-state index contributed by atoms with van der Waals surface area (Å²) in [6, 6.07) is 3.46. The van der Waals surface area contributed by atoms with E-state index in [-0.39, 0.29) is 17.2 Å². The van der Waals surface area contributed by atoms with Gasteiger partial charge in [0.05, 0.1) is 17.9 Å². The molecular weight excluding hydrogens is 278 g/mol. The number of ether oxygens (including phenoxy) is 1. The van der Waals surface area contributed by atoms with Gasteiger partial charge >= 0.3 is 0 Å². The van der Waals surface area contributed by atoms with Gasteiger partial charge in [-0.1, -0.05) is 0 Å². The minimum absolute atomic E-state index is 0.0863. The number of hydrogen-bond donors (Lipinski definition) is 1. The predicted molar refractivity (Wildman–Crippen MR) is 77.2 cm³/mol. The highest BCUT2D eigenvalue weighted by molar-refractivity contribution is 7.89. The number of anilines is 1. The lowest BCUT2D eigenvalue weighted by atomic mass is 10.3. The van der Waals surface area contributed by atoms with Crippen molar-refractivity contribution in [2.24, 2.45) is 0 Å². The number of morpholine rings is 1. The SMILES string of the molecule is CCNc1cccnc1S(=O)(=O)N1CC(C)OC(C)C1. The molecule has 1 aliphatic rings. The van der Waals surface area contributed by atoms with Gasteiger partial charge in [0, 0.05) is 25.8 Å². The van der Waals surface area contributed by atoms with E-state index in [1.165, 1.54) is 10.5 Å². The number of rotatable bonds is 4. The standard InChI is InChI=1S/C13H21N3O3S/c1-4-14-12-6-5-7-15-13(12)20(17,18)16-8-10(2)19-11(3)9-16/h5-7,10-11,14H,4,8-9H2,1-3H3. The molecule has 2 unspecified atom stereocenters. The van der Waals surface area contributed by atoms with Crippen molar-refractivity contribution < 1.29 is 13.2 Å². The average Bonchev–Trinajstić information content (AvgIpc) is 2.38. The lowest BCUT2D eigenvalue weighted by Crippen LogP contribution is -2.48. The molecule has 2 rings (SSSR count). The van der Waals surface area contributed by atoms with Crippen molar-refractivity contribution in [1.29, 1.82) is 0 Å². The Labute approximate surface area is 120 Å². The van der Waals surface area contributed by atoms with Crippen LogP contribution >= 0.6 is 0 Å². The molecule has 1 saturated heterocycles. The van der Waals surface area contributed by atoms with Gasteiger partial charge in [-0.25, -0.2) is 13.4 Å². The maximum absolute atomic E-state index is 12.7. The number of aromatic nitrogens is 1. The van der Waals surface area contributed by atoms with Crippen LogP contribution in [0.5, 0.6) is 0 Å². The lowest BCUT2D eigenvalue weighted by molar-refractivity contribution is -0.0441. The smallest absolute Gasteiger partial charge is 0.262 e. The third kappa shape index (κ3) is 3.11. The average molecular weight is 299 g/mol. The zero-order chi connectivity index (χ0) is 14.8. The molecule has 2 heterocycles. The summed E-state index contributed by atoms with van der Waals surface area (Å²) >= 11 is 0. The van der Waals surface area contributed by atoms with Gasteiger partial charge < -0.3 is 10.1 Å². The summed E-state index contributed by atoms with van der Waals surface area (Å²) in [6.45, 7) is 7.03. The van der Waals surface area contributed by atoms with Crippen LogP contribution in [0.2, 0.25) is 0 Å². The van der Waals surface area contributed by atoms with Crippen LogP contribution in [0.1, 0.15) is 20.8 Å². The van der Waals surface area contributed by atoms with Crippen molar-refractivity contribution in [3.8, 4) is 0 Å². The molecule has 0 aromatic carbocycles. The minimum Gasteiger partial charge on any atom is -0.383 e. The summed E-state index contributed by atoms with van der Waals surface area (Å²) in [7, 11) is -3.60. The van der Waals surface area contributed by atoms with Gasteiger partial charge in [-0.3, -0.25) is 0 Å². The Balaban J connectivity index is 2.35. The molecule has 0 saturated carbocycles. The Kier molecular flexibility index (Phi) is 4.62. The van der Waals surface area contributed by atoms with E-state index in [2.05, 4.69) is 10.3 Å². The molecule has 2 atom stereocenters. The summed E-state index contributed by atoms with van der Waals surface area (Å²) < 4.78 is 32.5. The number of pyridine rings is 1. The van der Waals surface area contributed by atoms with Crippen LogP contribution in [0.3, 0.4) is 0 Å². The molecule has 112 valence electrons. The first-order valence-corrected chi connectivity index (χ1v) is 8.23. The lowest BCUT2D eigenvalue weighted by Gasteiger charge is -2.34. The van der Waals surface area contributed by atoms with E-state index in [0.717, 1.165) is 0 Å². The third-order valence-corrected chi connectivity index (χ3v) is 4.90. The molecule has 1 aromatic rings. The molecule has 1 fully saturated rings. The zero-order valence-corrected chi connectivity index (χ0v) is 12.9. The predicted octanol–water partition coefficient (Wildman–Crippen LogP) is 1.31. The maximum atomic E-state index is 12.7. The maximum Gasteiger partial charge on any atom is 0.262 e. The molecular formula is C13H21N3O3S. The van der Waals surface area contributed by atoms with E-state index in [0.29, 0.717) is 25.3 Å². The molecule has 0 spiro atoms. The summed E-state index contributed by atoms with van der Waals surface area (Å²) in [6.07, 6.45) is 1.28. The summed E-state index contributed by atoms with van der Waals surface area (Å²) in [5.41, 5.74) is 0.543. The van der Waals surface area contributed by atoms with Crippen LogP contribution in [0.4, 0.5) is 5.69 Å². The highest BCUT2D eigenvalue weighted by Crippen LogP contribution is 2.24. The van der Waals surface area contributed by atoms with Gasteiger partial charge in [-0.2, -0.15) is 4.31 Å². The van der Waals surface area contributed by atoms with Crippen molar-refractivity contribution in [3.05, 3.63) is 18.3 Å². The van der Waals surface area contributed by atoms with Crippen molar-refractivity contribution in [1.82, 2.24) is 9.29 Å². The summed E-state index contributed by atoms with van der Waals surface area (Å²) in [5.74, 6) is 0. The highest BCUT2D eigenvalue weighted by atomic mass is 32.2. The normalized spacial score (nSPS) is 24.6. The quantitative estimate of drug-likeness (QED) is 0.907. The Morgan fingerprint density at radius 2 is 2.05 bits per heavy atom. The molecule has 0 aliphatic carbocycles. The van der Waals surface area contributed by atoms with Crippen LogP contribution in [-0.4, -0.2) is 49.5 Å². The minimum atomic E-state index is -3.60. The van der Waals surface area contributed by atoms with Gasteiger partial charge in [-0.05, 0) is 32.9 Å². The Hall–Kier alpha value is -1.18. The largest absolute Gasteiger partial charge is 0.383 e. The van der Waals surface area contributed by atoms with Crippen LogP contribution < -0.4 is 5.32 Å². The van der Waals surface area contributed by atoms with Gasteiger partial charge in [-0.15, -0.1) is 0 Å². The molecule has 20 heavy (non-hydrogen) atoms. The first kappa shape index (κ1) is 15.2. The fourth-order valence-corrected chi connectivity index (χ4v) is 4.04. The number of sulfonamides is 1. The van der Waals surface area contributed by atoms with E-state index < -0.39 is 10.0 Å². The van der Waals surface area contributed by atoms with Crippen LogP contribution in [-0.2, 0) is 14.8 Å². The van der Waals surface area contributed by atoms with Crippen LogP contribution in [0, 0.1) is 0 Å². The number of nitrogens with zero attached hydrogens (tertiary/aromatic N) is 2. The molecule has 1 aromatic heterocycles. The topological polar surface area (TPSA) is 71.5 Å². The fourth-order valence-electron chi connectivity index (χ4n) is 2.37. The third-order valence-electron chi connectivity index (χ3n) is 3.11. The van der Waals surface area contributed by atoms with Crippen molar-refractivity contribution in [2.75, 3.05) is 25.0 Å². The molecule has 7 heteroatoms. The van der Waals surface area contributed by atoms with E-state index in [1.807, 2.05) is 20.8 Å². The van der Waals surface area contributed by atoms with E-state index in [1.54, 1.807) is 12.1 Å². The van der Waals surface area contributed by atoms with Crippen molar-refractivity contribution >= 4 is 15.7 Å². The van der Waals surface area contributed by atoms with Crippen LogP contribution in [0.15, 0.2) is 23.4 Å². The number of hydrogen-bond acceptors (Lipinski definition) is 5. The Morgan fingerprint density at radius 1 is 1.40 bits per heavy atom. The van der Waals surface area contributed by atoms with Gasteiger partial charge in [0.1, 0.15) is 0 Å². The monoisotopic (exact) mass is 299 g/mol. The van der Waals surface area contributed by atoms with Gasteiger partial charge in [0.15, 0.2) is 5.03 Å². The second-order valence-corrected chi connectivity index (χ2v) is 6.82. The van der Waals surface area contributed by atoms with E-state index in [9.17, 15) is 8.42 Å². The van der Waals surface area contributed by atoms with E-state index >= 15 is 0 Å². The molecule has 6 nitrogen and oxygen atoms in total. The summed E-state index contributed by atoms with van der Waals surface area (Å²) in [4.78, 5) is 4.06. The van der Waals surface area contributed by atoms with Crippen molar-refractivity contribution in [3.63, 3.8) is 0 Å². The number of nitrogens with one attached hydrogen (secondary N) is 1. The van der Waals surface area contributed by atoms with Crippen LogP contribution in [0.25, 0.3) is 0 Å². The molecule has 0 amide bonds. The second-order valence-electron chi connectivity index (χ2n) is 4.97. The Bertz CT molecular complexity index is 552. The molecule has 1 N–H and O–H groups in total. The second kappa shape index (κ2) is 6.07. The highest BCUT2D eigenvalue weighted by Gasteiger charge is 2.34. The van der Waals surface area contributed by atoms with Crippen molar-refractivity contribution in [2.45, 2.75) is 38.0 Å². The Morgan fingerprint density at radius 3 is 2.65 bits per heavy atom. The van der Waals surface area contributed by atoms with Gasteiger partial charge in [0.25, 0.3) is 10.0 Å². The fraction of sp³-hybridized carbons (Fsp3) is 0.615. The molecule has 1 aliphatic heterocycles. The first-order valence-electron chi connectivity index (χ1n) is 6.79.